The van der Waals surface area contributed by atoms with E-state index in [-0.39, 0.29) is 22.5 Å². The Morgan fingerprint density at radius 1 is 0.429 bits per heavy atom. The van der Waals surface area contributed by atoms with Gasteiger partial charge in [0, 0.05) is 21.5 Å². The zero-order chi connectivity index (χ0) is 53.1. The predicted octanol–water partition coefficient (Wildman–Crippen LogP) is 18.9. The van der Waals surface area contributed by atoms with E-state index in [1.54, 1.807) is 49.4 Å². The normalized spacial score (nSPS) is 11.3. The molecule has 10 aromatic carbocycles. The van der Waals surface area contributed by atoms with Gasteiger partial charge >= 0.3 is 6.18 Å². The van der Waals surface area contributed by atoms with Crippen LogP contribution in [0.2, 0.25) is 0 Å². The lowest BCUT2D eigenvalue weighted by Crippen LogP contribution is -2.10. The third kappa shape index (κ3) is 7.97. The van der Waals surface area contributed by atoms with Crippen LogP contribution in [0.3, 0.4) is 0 Å². The molecule has 12 aromatic rings. The van der Waals surface area contributed by atoms with E-state index in [0.717, 1.165) is 83.2 Å². The first-order valence-electron chi connectivity index (χ1n) is 24.3. The van der Waals surface area contributed by atoms with Crippen LogP contribution in [0.25, 0.3) is 125 Å². The number of alkyl halides is 3. The third-order valence-corrected chi connectivity index (χ3v) is 14.4. The van der Waals surface area contributed by atoms with Crippen molar-refractivity contribution in [2.75, 3.05) is 0 Å². The fourth-order valence-electron chi connectivity index (χ4n) is 10.9. The van der Waals surface area contributed by atoms with E-state index in [1.165, 1.54) is 6.07 Å². The van der Waals surface area contributed by atoms with Gasteiger partial charge in [0.25, 0.3) is 0 Å². The fourth-order valence-corrected chi connectivity index (χ4v) is 10.9. The average Bonchev–Trinajstić information content (AvgIpc) is 3.99. The first-order chi connectivity index (χ1) is 37.5. The van der Waals surface area contributed by atoms with Gasteiger partial charge in [-0.3, -0.25) is 0 Å². The van der Waals surface area contributed by atoms with Crippen molar-refractivity contribution in [2.45, 2.75) is 13.1 Å². The Bertz CT molecular complexity index is 4480. The van der Waals surface area contributed by atoms with Crippen molar-refractivity contribution in [1.82, 2.24) is 9.13 Å². The van der Waals surface area contributed by atoms with Crippen LogP contribution >= 0.6 is 0 Å². The van der Waals surface area contributed by atoms with Crippen molar-refractivity contribution in [1.29, 1.82) is 10.5 Å². The fraction of sp³-hybridized carbons (Fsp3) is 0.0299. The van der Waals surface area contributed by atoms with Crippen LogP contribution in [0.4, 0.5) is 30.2 Å². The van der Waals surface area contributed by atoms with Gasteiger partial charge < -0.3 is 9.13 Å². The molecule has 0 aliphatic rings. The van der Waals surface area contributed by atoms with E-state index < -0.39 is 11.7 Å². The van der Waals surface area contributed by atoms with Gasteiger partial charge in [-0.15, -0.1) is 0 Å². The van der Waals surface area contributed by atoms with Crippen molar-refractivity contribution >= 4 is 60.7 Å². The zero-order valence-electron chi connectivity index (χ0n) is 40.8. The number of hydrogen-bond acceptors (Lipinski definition) is 2. The van der Waals surface area contributed by atoms with Crippen LogP contribution in [0.1, 0.15) is 22.3 Å². The highest BCUT2D eigenvalue weighted by molar-refractivity contribution is 6.15. The Labute approximate surface area is 440 Å². The summed E-state index contributed by atoms with van der Waals surface area (Å²) in [6, 6.07) is 65.1. The smallest absolute Gasteiger partial charge is 0.319 e. The molecule has 0 amide bonds. The number of benzene rings is 10. The Hall–Kier alpha value is -11.0. The molecule has 0 aliphatic heterocycles. The van der Waals surface area contributed by atoms with Crippen LogP contribution in [-0.4, -0.2) is 9.13 Å². The molecule has 0 saturated heterocycles. The molecular formula is C67H36F3N7. The number of nitriles is 2. The second-order valence-electron chi connectivity index (χ2n) is 18.7. The van der Waals surface area contributed by atoms with Gasteiger partial charge in [0.15, 0.2) is 11.4 Å². The molecule has 0 radical (unpaired) electrons. The summed E-state index contributed by atoms with van der Waals surface area (Å²) >= 11 is 0. The molecule has 12 rings (SSSR count). The highest BCUT2D eigenvalue weighted by atomic mass is 19.4. The van der Waals surface area contributed by atoms with E-state index in [0.29, 0.717) is 44.8 Å². The Balaban J connectivity index is 1.21. The lowest BCUT2D eigenvalue weighted by atomic mass is 9.92. The molecule has 10 heteroatoms. The van der Waals surface area contributed by atoms with Crippen molar-refractivity contribution in [3.63, 3.8) is 0 Å². The second kappa shape index (κ2) is 18.5. The minimum Gasteiger partial charge on any atom is -0.319 e. The van der Waals surface area contributed by atoms with Crippen LogP contribution in [0, 0.1) is 49.3 Å². The number of rotatable bonds is 7. The summed E-state index contributed by atoms with van der Waals surface area (Å²) in [7, 11) is 0. The maximum atomic E-state index is 15.5. The Morgan fingerprint density at radius 2 is 0.831 bits per heavy atom. The van der Waals surface area contributed by atoms with E-state index in [1.807, 2.05) is 143 Å². The summed E-state index contributed by atoms with van der Waals surface area (Å²) in [5.74, 6) is 0. The molecule has 2 heterocycles. The molecule has 0 unspecified atom stereocenters. The lowest BCUT2D eigenvalue weighted by Gasteiger charge is -2.23. The first-order valence-corrected chi connectivity index (χ1v) is 24.3. The monoisotopic (exact) mass is 995 g/mol. The number of aromatic nitrogens is 2. The minimum absolute atomic E-state index is 0.0586. The molecule has 0 spiro atoms. The Morgan fingerprint density at radius 3 is 1.25 bits per heavy atom. The summed E-state index contributed by atoms with van der Waals surface area (Å²) in [5.41, 5.74) is 11.6. The van der Waals surface area contributed by atoms with Crippen molar-refractivity contribution in [2.24, 2.45) is 0 Å². The molecule has 0 aliphatic carbocycles. The van der Waals surface area contributed by atoms with Gasteiger partial charge in [0.05, 0.1) is 82.0 Å². The molecule has 0 saturated carbocycles. The SMILES string of the molecule is [C-]#[N+]c1cccc(-c2ccc3c(c2)c2cc(-c4cccc(C#N)c4)ccc2n3-c2ccc(-c3c(C)cccc3C(F)(F)F)c(-n3c4ccc(-c5cccc(C#N)c5)cc4c4cc(-c5cccc([N+]#[C-])c5)ccc43)c2[N+]#[C-])c1. The molecule has 0 bridgehead atoms. The largest absolute Gasteiger partial charge is 0.417 e. The highest BCUT2D eigenvalue weighted by Crippen LogP contribution is 2.50. The summed E-state index contributed by atoms with van der Waals surface area (Å²) in [6.07, 6.45) is -4.76. The maximum Gasteiger partial charge on any atom is 0.417 e. The topological polar surface area (TPSA) is 70.5 Å². The molecule has 7 nitrogen and oxygen atoms in total. The summed E-state index contributed by atoms with van der Waals surface area (Å²) in [4.78, 5) is 11.7. The third-order valence-electron chi connectivity index (χ3n) is 14.4. The molecule has 360 valence electrons. The number of nitrogens with zero attached hydrogens (tertiary/aromatic N) is 7. The van der Waals surface area contributed by atoms with E-state index in [9.17, 15) is 17.1 Å². The van der Waals surface area contributed by atoms with Crippen LogP contribution in [-0.2, 0) is 6.18 Å². The molecule has 0 N–H and O–H groups in total. The van der Waals surface area contributed by atoms with Gasteiger partial charge in [0.2, 0.25) is 5.69 Å². The van der Waals surface area contributed by atoms with Crippen LogP contribution in [0.15, 0.2) is 200 Å². The molecule has 2 aromatic heterocycles. The van der Waals surface area contributed by atoms with Crippen molar-refractivity contribution < 1.29 is 13.2 Å². The summed E-state index contributed by atoms with van der Waals surface area (Å²) < 4.78 is 50.4. The molecule has 0 atom stereocenters. The maximum absolute atomic E-state index is 15.5. The standard InChI is InChI=1S/C67H36F3N7/c1-40-10-5-19-58(67(68,69)70)64(40)53-24-29-63(76-59-25-20-47(43-13-6-11-41(30-43)38-71)34-54(59)55-36-49(21-26-60(55)76)45-15-8-17-51(32-45)73-2)65(75-4)66(53)77-61-27-22-48(44-14-7-12-42(31-44)39-72)35-56(61)57-37-50(23-28-62(57)77)46-16-9-18-52(33-46)74-3/h5-37H,1H3. The van der Waals surface area contributed by atoms with Gasteiger partial charge in [-0.25, -0.2) is 14.5 Å². The Kier molecular flexibility index (Phi) is 11.3. The quantitative estimate of drug-likeness (QED) is 0.149. The van der Waals surface area contributed by atoms with E-state index in [2.05, 4.69) is 38.8 Å². The lowest BCUT2D eigenvalue weighted by molar-refractivity contribution is -0.137. The van der Waals surface area contributed by atoms with Gasteiger partial charge in [-0.1, -0.05) is 103 Å². The summed E-state index contributed by atoms with van der Waals surface area (Å²) in [5, 5.41) is 22.8. The van der Waals surface area contributed by atoms with Gasteiger partial charge in [0.1, 0.15) is 0 Å². The number of fused-ring (bicyclic) bond motifs is 6. The minimum atomic E-state index is -4.76. The van der Waals surface area contributed by atoms with Crippen molar-refractivity contribution in [3.8, 4) is 79.1 Å². The molecule has 0 fully saturated rings. The highest BCUT2D eigenvalue weighted by Gasteiger charge is 2.36. The van der Waals surface area contributed by atoms with Crippen LogP contribution < -0.4 is 0 Å². The molecular weight excluding hydrogens is 960 g/mol. The number of hydrogen-bond donors (Lipinski definition) is 0. The van der Waals surface area contributed by atoms with Crippen molar-refractivity contribution in [3.05, 3.63) is 257 Å². The average molecular weight is 996 g/mol. The van der Waals surface area contributed by atoms with E-state index >= 15 is 13.2 Å². The predicted molar refractivity (Wildman–Crippen MR) is 300 cm³/mol. The second-order valence-corrected chi connectivity index (χ2v) is 18.7. The number of halogens is 3. The zero-order valence-corrected chi connectivity index (χ0v) is 40.8. The number of aryl methyl sites for hydroxylation is 1. The first kappa shape index (κ1) is 47.1. The van der Waals surface area contributed by atoms with Gasteiger partial charge in [-0.2, -0.15) is 23.7 Å². The van der Waals surface area contributed by atoms with E-state index in [4.69, 9.17) is 13.1 Å². The molecule has 77 heavy (non-hydrogen) atoms. The van der Waals surface area contributed by atoms with Crippen LogP contribution in [0.5, 0.6) is 0 Å². The summed E-state index contributed by atoms with van der Waals surface area (Å²) in [6.45, 7) is 26.4. The van der Waals surface area contributed by atoms with Gasteiger partial charge in [-0.05, 0) is 165 Å².